The molecule has 0 saturated carbocycles. The molecular weight excluding hydrogens is 314 g/mol. The first-order valence-corrected chi connectivity index (χ1v) is 9.04. The molecule has 6 heteroatoms. The highest BCUT2D eigenvalue weighted by Crippen LogP contribution is 2.22. The highest BCUT2D eigenvalue weighted by Gasteiger charge is 2.34. The number of nitrogens with one attached hydrogen (secondary N) is 4. The standard InChI is InChI=1S/C19H25N5O/c25-19(21-12-14-8-10-20-11-9-14)22-18-23-24(18)13-16-6-3-5-15-4-1-2-7-17(15)16/h1-7,14,18,20,23H,8-13H2,(H2,21,22,25). The fourth-order valence-electron chi connectivity index (χ4n) is 3.48. The van der Waals surface area contributed by atoms with Gasteiger partial charge in [0.2, 0.25) is 0 Å². The number of carbonyl (C=O) groups excluding carboxylic acids is 1. The molecule has 2 amide bonds. The number of carbonyl (C=O) groups is 1. The number of hydrogen-bond acceptors (Lipinski definition) is 4. The maximum Gasteiger partial charge on any atom is 0.317 e. The predicted molar refractivity (Wildman–Crippen MR) is 98.5 cm³/mol. The zero-order valence-electron chi connectivity index (χ0n) is 14.3. The molecule has 6 nitrogen and oxygen atoms in total. The number of rotatable bonds is 5. The zero-order chi connectivity index (χ0) is 17.1. The summed E-state index contributed by atoms with van der Waals surface area (Å²) in [6.07, 6.45) is 2.18. The molecule has 132 valence electrons. The normalized spacial score (nSPS) is 23.4. The van der Waals surface area contributed by atoms with Crippen LogP contribution in [0.1, 0.15) is 18.4 Å². The van der Waals surface area contributed by atoms with Crippen molar-refractivity contribution in [3.05, 3.63) is 48.0 Å². The van der Waals surface area contributed by atoms with Crippen molar-refractivity contribution in [3.8, 4) is 0 Å². The lowest BCUT2D eigenvalue weighted by Crippen LogP contribution is -2.42. The van der Waals surface area contributed by atoms with E-state index in [1.165, 1.54) is 16.3 Å². The topological polar surface area (TPSA) is 78.1 Å². The smallest absolute Gasteiger partial charge is 0.317 e. The number of urea groups is 1. The minimum atomic E-state index is -0.101. The summed E-state index contributed by atoms with van der Waals surface area (Å²) in [4.78, 5) is 12.0. The molecule has 2 aliphatic rings. The second-order valence-corrected chi connectivity index (χ2v) is 6.85. The van der Waals surface area contributed by atoms with Crippen molar-refractivity contribution in [3.63, 3.8) is 0 Å². The van der Waals surface area contributed by atoms with Gasteiger partial charge in [-0.15, -0.1) is 0 Å². The van der Waals surface area contributed by atoms with Gasteiger partial charge in [0.1, 0.15) is 0 Å². The molecule has 0 aliphatic carbocycles. The highest BCUT2D eigenvalue weighted by molar-refractivity contribution is 5.85. The summed E-state index contributed by atoms with van der Waals surface area (Å²) in [7, 11) is 0. The van der Waals surface area contributed by atoms with Crippen molar-refractivity contribution in [2.24, 2.45) is 5.92 Å². The van der Waals surface area contributed by atoms with E-state index in [0.29, 0.717) is 5.92 Å². The Morgan fingerprint density at radius 1 is 1.12 bits per heavy atom. The minimum absolute atomic E-state index is 0.0907. The molecule has 4 rings (SSSR count). The molecule has 0 radical (unpaired) electrons. The Morgan fingerprint density at radius 2 is 1.92 bits per heavy atom. The number of nitrogens with zero attached hydrogens (tertiary/aromatic N) is 1. The van der Waals surface area contributed by atoms with E-state index in [1.54, 1.807) is 0 Å². The quantitative estimate of drug-likeness (QED) is 0.626. The van der Waals surface area contributed by atoms with Crippen molar-refractivity contribution in [1.29, 1.82) is 0 Å². The van der Waals surface area contributed by atoms with Gasteiger partial charge in [-0.1, -0.05) is 42.5 Å². The molecule has 2 fully saturated rings. The average molecular weight is 339 g/mol. The molecule has 2 saturated heterocycles. The van der Waals surface area contributed by atoms with Crippen LogP contribution in [0.15, 0.2) is 42.5 Å². The summed E-state index contributed by atoms with van der Waals surface area (Å²) in [6, 6.07) is 14.6. The van der Waals surface area contributed by atoms with Gasteiger partial charge >= 0.3 is 6.03 Å². The maximum absolute atomic E-state index is 12.0. The Balaban J connectivity index is 1.25. The third kappa shape index (κ3) is 4.10. The van der Waals surface area contributed by atoms with E-state index in [1.807, 2.05) is 5.01 Å². The summed E-state index contributed by atoms with van der Waals surface area (Å²) < 4.78 is 0. The van der Waals surface area contributed by atoms with Crippen molar-refractivity contribution < 1.29 is 4.79 Å². The summed E-state index contributed by atoms with van der Waals surface area (Å²) in [5, 5.41) is 13.8. The second kappa shape index (κ2) is 7.39. The van der Waals surface area contributed by atoms with Crippen molar-refractivity contribution >= 4 is 16.8 Å². The molecule has 4 N–H and O–H groups in total. The monoisotopic (exact) mass is 339 g/mol. The van der Waals surface area contributed by atoms with Crippen LogP contribution in [0.25, 0.3) is 10.8 Å². The van der Waals surface area contributed by atoms with Crippen LogP contribution < -0.4 is 21.4 Å². The maximum atomic E-state index is 12.0. The number of piperidine rings is 1. The van der Waals surface area contributed by atoms with Gasteiger partial charge < -0.3 is 16.0 Å². The lowest BCUT2D eigenvalue weighted by atomic mass is 9.98. The SMILES string of the molecule is O=C(NCC1CCNCC1)NC1NN1Cc1cccc2ccccc12. The molecule has 2 aromatic rings. The van der Waals surface area contributed by atoms with Crippen molar-refractivity contribution in [2.45, 2.75) is 25.7 Å². The number of hydrazine groups is 1. The van der Waals surface area contributed by atoms with E-state index in [9.17, 15) is 4.79 Å². The Kier molecular flexibility index (Phi) is 4.83. The molecule has 2 aliphatic heterocycles. The number of benzene rings is 2. The van der Waals surface area contributed by atoms with Gasteiger partial charge in [-0.25, -0.2) is 15.2 Å². The Labute approximate surface area is 147 Å². The molecule has 2 atom stereocenters. The van der Waals surface area contributed by atoms with E-state index in [0.717, 1.165) is 39.0 Å². The van der Waals surface area contributed by atoms with Gasteiger partial charge in [-0.2, -0.15) is 0 Å². The Bertz CT molecular complexity index is 738. The van der Waals surface area contributed by atoms with E-state index < -0.39 is 0 Å². The molecule has 0 bridgehead atoms. The molecule has 25 heavy (non-hydrogen) atoms. The summed E-state index contributed by atoms with van der Waals surface area (Å²) in [5.74, 6) is 0.589. The number of fused-ring (bicyclic) bond motifs is 1. The molecule has 2 unspecified atom stereocenters. The average Bonchev–Trinajstić information content (AvgIpc) is 3.38. The lowest BCUT2D eigenvalue weighted by molar-refractivity contribution is 0.234. The van der Waals surface area contributed by atoms with Gasteiger partial charge in [-0.3, -0.25) is 0 Å². The fourth-order valence-corrected chi connectivity index (χ4v) is 3.48. The molecular formula is C19H25N5O. The van der Waals surface area contributed by atoms with Crippen LogP contribution in [0.3, 0.4) is 0 Å². The largest absolute Gasteiger partial charge is 0.338 e. The summed E-state index contributed by atoms with van der Waals surface area (Å²) in [6.45, 7) is 3.62. The van der Waals surface area contributed by atoms with Crippen molar-refractivity contribution in [2.75, 3.05) is 19.6 Å². The number of hydrogen-bond donors (Lipinski definition) is 4. The predicted octanol–water partition coefficient (Wildman–Crippen LogP) is 1.74. The molecule has 0 spiro atoms. The van der Waals surface area contributed by atoms with E-state index in [-0.39, 0.29) is 12.3 Å². The van der Waals surface area contributed by atoms with Crippen LogP contribution in [0.5, 0.6) is 0 Å². The van der Waals surface area contributed by atoms with E-state index >= 15 is 0 Å². The van der Waals surface area contributed by atoms with Gasteiger partial charge in [0.05, 0.1) is 0 Å². The third-order valence-corrected chi connectivity index (χ3v) is 5.03. The van der Waals surface area contributed by atoms with Gasteiger partial charge in [-0.05, 0) is 48.2 Å². The molecule has 2 aromatic carbocycles. The van der Waals surface area contributed by atoms with Crippen LogP contribution in [0.4, 0.5) is 4.79 Å². The third-order valence-electron chi connectivity index (χ3n) is 5.03. The molecule has 2 heterocycles. The van der Waals surface area contributed by atoms with Crippen LogP contribution >= 0.6 is 0 Å². The van der Waals surface area contributed by atoms with Gasteiger partial charge in [0.25, 0.3) is 0 Å². The zero-order valence-corrected chi connectivity index (χ0v) is 14.3. The van der Waals surface area contributed by atoms with Crippen LogP contribution in [0, 0.1) is 5.92 Å². The Morgan fingerprint density at radius 3 is 2.80 bits per heavy atom. The summed E-state index contributed by atoms with van der Waals surface area (Å²) >= 11 is 0. The van der Waals surface area contributed by atoms with Gasteiger partial charge in [0, 0.05) is 13.1 Å². The summed E-state index contributed by atoms with van der Waals surface area (Å²) in [5.41, 5.74) is 4.46. The Hall–Kier alpha value is -2.15. The lowest BCUT2D eigenvalue weighted by Gasteiger charge is -2.22. The highest BCUT2D eigenvalue weighted by atomic mass is 16.2. The minimum Gasteiger partial charge on any atom is -0.338 e. The molecule has 0 aromatic heterocycles. The fraction of sp³-hybridized carbons (Fsp3) is 0.421. The second-order valence-electron chi connectivity index (χ2n) is 6.85. The van der Waals surface area contributed by atoms with Crippen molar-refractivity contribution in [1.82, 2.24) is 26.4 Å². The first-order chi connectivity index (χ1) is 12.3. The van der Waals surface area contributed by atoms with E-state index in [2.05, 4.69) is 63.8 Å². The first kappa shape index (κ1) is 16.3. The first-order valence-electron chi connectivity index (χ1n) is 9.04. The van der Waals surface area contributed by atoms with Crippen LogP contribution in [0.2, 0.25) is 0 Å². The van der Waals surface area contributed by atoms with E-state index in [4.69, 9.17) is 0 Å². The van der Waals surface area contributed by atoms with Crippen LogP contribution in [-0.4, -0.2) is 37.0 Å². The number of amides is 2. The van der Waals surface area contributed by atoms with Gasteiger partial charge in [0.15, 0.2) is 6.29 Å². The van der Waals surface area contributed by atoms with Crippen LogP contribution in [-0.2, 0) is 6.54 Å².